The number of hydrogen-bond acceptors (Lipinski definition) is 2. The summed E-state index contributed by atoms with van der Waals surface area (Å²) in [7, 11) is 0. The molecule has 20 heavy (non-hydrogen) atoms. The third kappa shape index (κ3) is 3.98. The summed E-state index contributed by atoms with van der Waals surface area (Å²) in [4.78, 5) is 2.83. The average Bonchev–Trinajstić information content (AvgIpc) is 2.28. The predicted octanol–water partition coefficient (Wildman–Crippen LogP) is 4.18. The number of nitrogens with zero attached hydrogens (tertiary/aromatic N) is 1. The highest BCUT2D eigenvalue weighted by atomic mass is 15.2. The fourth-order valence-electron chi connectivity index (χ4n) is 5.27. The van der Waals surface area contributed by atoms with Gasteiger partial charge in [-0.1, -0.05) is 34.6 Å². The van der Waals surface area contributed by atoms with Gasteiger partial charge >= 0.3 is 0 Å². The molecule has 118 valence electrons. The highest BCUT2D eigenvalue weighted by molar-refractivity contribution is 4.95. The Balaban J connectivity index is 2.06. The number of hydrogen-bond donors (Lipinski definition) is 1. The van der Waals surface area contributed by atoms with Crippen molar-refractivity contribution in [3.63, 3.8) is 0 Å². The fraction of sp³-hybridized carbons (Fsp3) is 1.00. The maximum absolute atomic E-state index is 6.08. The van der Waals surface area contributed by atoms with E-state index in [9.17, 15) is 0 Å². The van der Waals surface area contributed by atoms with Crippen LogP contribution in [-0.4, -0.2) is 29.6 Å². The van der Waals surface area contributed by atoms with Crippen LogP contribution in [0.1, 0.15) is 79.6 Å². The summed E-state index contributed by atoms with van der Waals surface area (Å²) in [6.45, 7) is 13.4. The predicted molar refractivity (Wildman–Crippen MR) is 87.8 cm³/mol. The first-order chi connectivity index (χ1) is 9.22. The Morgan fingerprint density at radius 2 is 1.40 bits per heavy atom. The zero-order valence-electron chi connectivity index (χ0n) is 14.4. The molecule has 2 nitrogen and oxygen atoms in total. The molecule has 0 saturated heterocycles. The van der Waals surface area contributed by atoms with E-state index in [1.165, 1.54) is 51.5 Å². The molecule has 0 aromatic carbocycles. The van der Waals surface area contributed by atoms with Gasteiger partial charge in [0, 0.05) is 18.1 Å². The van der Waals surface area contributed by atoms with Crippen LogP contribution >= 0.6 is 0 Å². The summed E-state index contributed by atoms with van der Waals surface area (Å²) in [5.74, 6) is 0. The van der Waals surface area contributed by atoms with Crippen molar-refractivity contribution in [3.8, 4) is 0 Å². The van der Waals surface area contributed by atoms with Gasteiger partial charge in [-0.05, 0) is 62.3 Å². The fourth-order valence-corrected chi connectivity index (χ4v) is 5.27. The van der Waals surface area contributed by atoms with Crippen LogP contribution in [0.15, 0.2) is 0 Å². The van der Waals surface area contributed by atoms with Gasteiger partial charge in [0.2, 0.25) is 0 Å². The van der Waals surface area contributed by atoms with E-state index in [-0.39, 0.29) is 0 Å². The van der Waals surface area contributed by atoms with Crippen LogP contribution in [0.5, 0.6) is 0 Å². The maximum Gasteiger partial charge on any atom is 0.0108 e. The third-order valence-corrected chi connectivity index (χ3v) is 5.58. The molecule has 0 spiro atoms. The summed E-state index contributed by atoms with van der Waals surface area (Å²) in [6, 6.07) is 2.02. The molecule has 0 aromatic heterocycles. The van der Waals surface area contributed by atoms with Crippen molar-refractivity contribution < 1.29 is 0 Å². The molecule has 0 radical (unpaired) electrons. The Kier molecular flexibility index (Phi) is 4.86. The standard InChI is InChI=1S/C18H36N2/c1-6-20(15-9-7-14(19)8-10-15)16-11-17(2,3)13-18(4,5)12-16/h14-16H,6-13,19H2,1-5H3. The Hall–Kier alpha value is -0.0800. The molecule has 0 atom stereocenters. The van der Waals surface area contributed by atoms with Gasteiger partial charge in [0.1, 0.15) is 0 Å². The molecule has 0 unspecified atom stereocenters. The first kappa shape index (κ1) is 16.3. The topological polar surface area (TPSA) is 29.3 Å². The molecule has 2 rings (SSSR count). The quantitative estimate of drug-likeness (QED) is 0.840. The molecule has 2 heteroatoms. The number of nitrogens with two attached hydrogens (primary N) is 1. The first-order valence-corrected chi connectivity index (χ1v) is 8.74. The minimum absolute atomic E-state index is 0.462. The Morgan fingerprint density at radius 3 is 1.85 bits per heavy atom. The zero-order chi connectivity index (χ0) is 15.0. The van der Waals surface area contributed by atoms with Crippen molar-refractivity contribution in [2.24, 2.45) is 16.6 Å². The molecule has 0 aromatic rings. The van der Waals surface area contributed by atoms with Crippen LogP contribution in [0.3, 0.4) is 0 Å². The van der Waals surface area contributed by atoms with Gasteiger partial charge in [0.15, 0.2) is 0 Å². The van der Waals surface area contributed by atoms with E-state index in [2.05, 4.69) is 39.5 Å². The molecule has 2 aliphatic carbocycles. The van der Waals surface area contributed by atoms with E-state index in [1.807, 2.05) is 0 Å². The van der Waals surface area contributed by atoms with Crippen molar-refractivity contribution in [1.29, 1.82) is 0 Å². The van der Waals surface area contributed by atoms with Crippen LogP contribution in [-0.2, 0) is 0 Å². The molecule has 0 amide bonds. The van der Waals surface area contributed by atoms with Crippen molar-refractivity contribution in [2.45, 2.75) is 97.7 Å². The molecule has 0 heterocycles. The van der Waals surface area contributed by atoms with Crippen molar-refractivity contribution in [3.05, 3.63) is 0 Å². The van der Waals surface area contributed by atoms with Gasteiger partial charge in [0.25, 0.3) is 0 Å². The van der Waals surface area contributed by atoms with Crippen LogP contribution in [0, 0.1) is 10.8 Å². The molecule has 2 saturated carbocycles. The van der Waals surface area contributed by atoms with Crippen molar-refractivity contribution in [2.75, 3.05) is 6.54 Å². The third-order valence-electron chi connectivity index (χ3n) is 5.58. The number of rotatable bonds is 3. The monoisotopic (exact) mass is 280 g/mol. The second kappa shape index (κ2) is 5.96. The van der Waals surface area contributed by atoms with E-state index >= 15 is 0 Å². The molecule has 0 bridgehead atoms. The first-order valence-electron chi connectivity index (χ1n) is 8.74. The van der Waals surface area contributed by atoms with Crippen LogP contribution in [0.25, 0.3) is 0 Å². The second-order valence-electron chi connectivity index (χ2n) is 8.97. The lowest BCUT2D eigenvalue weighted by atomic mass is 9.63. The minimum Gasteiger partial charge on any atom is -0.328 e. The molecule has 0 aliphatic heterocycles. The smallest absolute Gasteiger partial charge is 0.0108 e. The summed E-state index contributed by atoms with van der Waals surface area (Å²) >= 11 is 0. The summed E-state index contributed by atoms with van der Waals surface area (Å²) in [5, 5.41) is 0. The Bertz CT molecular complexity index is 297. The van der Waals surface area contributed by atoms with Gasteiger partial charge in [-0.25, -0.2) is 0 Å². The van der Waals surface area contributed by atoms with Crippen LogP contribution in [0.4, 0.5) is 0 Å². The Morgan fingerprint density at radius 1 is 0.900 bits per heavy atom. The largest absolute Gasteiger partial charge is 0.328 e. The summed E-state index contributed by atoms with van der Waals surface area (Å²) in [6.07, 6.45) is 9.17. The van der Waals surface area contributed by atoms with Crippen molar-refractivity contribution in [1.82, 2.24) is 4.90 Å². The van der Waals surface area contributed by atoms with Crippen LogP contribution < -0.4 is 5.73 Å². The van der Waals surface area contributed by atoms with E-state index in [0.717, 1.165) is 12.1 Å². The second-order valence-corrected chi connectivity index (χ2v) is 8.97. The van der Waals surface area contributed by atoms with Gasteiger partial charge in [-0.2, -0.15) is 0 Å². The molecule has 2 N–H and O–H groups in total. The zero-order valence-corrected chi connectivity index (χ0v) is 14.4. The highest BCUT2D eigenvalue weighted by Crippen LogP contribution is 2.47. The van der Waals surface area contributed by atoms with Gasteiger partial charge in [0.05, 0.1) is 0 Å². The van der Waals surface area contributed by atoms with Gasteiger partial charge < -0.3 is 5.73 Å². The Labute approximate surface area is 126 Å². The maximum atomic E-state index is 6.08. The van der Waals surface area contributed by atoms with E-state index in [4.69, 9.17) is 5.73 Å². The van der Waals surface area contributed by atoms with Crippen molar-refractivity contribution >= 4 is 0 Å². The SMILES string of the molecule is CCN(C1CCC(N)CC1)C1CC(C)(C)CC(C)(C)C1. The summed E-state index contributed by atoms with van der Waals surface area (Å²) in [5.41, 5.74) is 7.07. The molecular weight excluding hydrogens is 244 g/mol. The highest BCUT2D eigenvalue weighted by Gasteiger charge is 2.41. The van der Waals surface area contributed by atoms with Gasteiger partial charge in [-0.15, -0.1) is 0 Å². The normalized spacial score (nSPS) is 34.4. The minimum atomic E-state index is 0.462. The lowest BCUT2D eigenvalue weighted by Crippen LogP contribution is -2.51. The lowest BCUT2D eigenvalue weighted by molar-refractivity contribution is -0.00176. The van der Waals surface area contributed by atoms with E-state index < -0.39 is 0 Å². The molecule has 2 aliphatic rings. The van der Waals surface area contributed by atoms with E-state index in [1.54, 1.807) is 0 Å². The average molecular weight is 280 g/mol. The molecule has 2 fully saturated rings. The summed E-state index contributed by atoms with van der Waals surface area (Å²) < 4.78 is 0. The van der Waals surface area contributed by atoms with Gasteiger partial charge in [-0.3, -0.25) is 4.90 Å². The van der Waals surface area contributed by atoms with E-state index in [0.29, 0.717) is 16.9 Å². The molecular formula is C18H36N2. The van der Waals surface area contributed by atoms with Crippen LogP contribution in [0.2, 0.25) is 0 Å². The lowest BCUT2D eigenvalue weighted by Gasteiger charge is -2.51.